The average molecular weight is 283 g/mol. The van der Waals surface area contributed by atoms with Crippen molar-refractivity contribution in [3.05, 3.63) is 0 Å². The summed E-state index contributed by atoms with van der Waals surface area (Å²) < 4.78 is 0. The molecule has 0 radical (unpaired) electrons. The summed E-state index contributed by atoms with van der Waals surface area (Å²) >= 11 is 0. The minimum absolute atomic E-state index is 0.0367. The van der Waals surface area contributed by atoms with E-state index in [1.807, 2.05) is 20.8 Å². The van der Waals surface area contributed by atoms with Crippen molar-refractivity contribution >= 4 is 17.7 Å². The topological polar surface area (TPSA) is 69.7 Å². The van der Waals surface area contributed by atoms with Gasteiger partial charge in [-0.3, -0.25) is 14.4 Å². The highest BCUT2D eigenvalue weighted by Gasteiger charge is 2.35. The summed E-state index contributed by atoms with van der Waals surface area (Å²) in [7, 11) is 1.54. The van der Waals surface area contributed by atoms with Crippen molar-refractivity contribution in [3.63, 3.8) is 0 Å². The number of hydrogen-bond acceptors (Lipinski definition) is 3. The van der Waals surface area contributed by atoms with Crippen LogP contribution in [0, 0.1) is 5.41 Å². The van der Waals surface area contributed by atoms with Gasteiger partial charge in [0.15, 0.2) is 0 Å². The highest BCUT2D eigenvalue weighted by atomic mass is 16.2. The molecule has 0 spiro atoms. The lowest BCUT2D eigenvalue weighted by Gasteiger charge is -2.40. The van der Waals surface area contributed by atoms with E-state index >= 15 is 0 Å². The predicted molar refractivity (Wildman–Crippen MR) is 75.9 cm³/mol. The van der Waals surface area contributed by atoms with Gasteiger partial charge in [0.25, 0.3) is 0 Å². The second-order valence-corrected chi connectivity index (χ2v) is 6.42. The lowest BCUT2D eigenvalue weighted by atomic mass is 9.91. The lowest BCUT2D eigenvalue weighted by Crippen LogP contribution is -2.61. The van der Waals surface area contributed by atoms with Crippen molar-refractivity contribution in [1.29, 1.82) is 0 Å². The third kappa shape index (κ3) is 4.21. The van der Waals surface area contributed by atoms with E-state index in [0.29, 0.717) is 19.5 Å². The number of carbonyl (C=O) groups excluding carboxylic acids is 3. The number of amides is 3. The summed E-state index contributed by atoms with van der Waals surface area (Å²) in [5.41, 5.74) is -0.0860. The normalized spacial score (nSPS) is 19.8. The molecule has 1 atom stereocenters. The zero-order chi connectivity index (χ0) is 15.5. The average Bonchev–Trinajstić information content (AvgIpc) is 2.34. The van der Waals surface area contributed by atoms with E-state index in [4.69, 9.17) is 0 Å². The van der Waals surface area contributed by atoms with E-state index in [9.17, 15) is 14.4 Å². The molecule has 1 heterocycles. The van der Waals surface area contributed by atoms with Gasteiger partial charge in [0.2, 0.25) is 17.7 Å². The molecule has 6 nitrogen and oxygen atoms in total. The van der Waals surface area contributed by atoms with Gasteiger partial charge >= 0.3 is 0 Å². The fourth-order valence-electron chi connectivity index (χ4n) is 2.34. The van der Waals surface area contributed by atoms with E-state index < -0.39 is 6.04 Å². The van der Waals surface area contributed by atoms with Crippen LogP contribution in [0.3, 0.4) is 0 Å². The van der Waals surface area contributed by atoms with Crippen LogP contribution in [0.15, 0.2) is 0 Å². The molecule has 1 saturated heterocycles. The van der Waals surface area contributed by atoms with Gasteiger partial charge in [0.1, 0.15) is 6.04 Å². The first-order valence-corrected chi connectivity index (χ1v) is 6.92. The standard InChI is InChI=1S/C14H25N3O3/c1-10(18)17-7-6-16(9-11(17)13(20)15-5)12(19)8-14(2,3)4/h11H,6-9H2,1-5H3,(H,15,20). The summed E-state index contributed by atoms with van der Waals surface area (Å²) in [6, 6.07) is -0.588. The molecule has 3 amide bonds. The van der Waals surface area contributed by atoms with Gasteiger partial charge in [0.05, 0.1) is 6.54 Å². The maximum absolute atomic E-state index is 12.2. The second-order valence-electron chi connectivity index (χ2n) is 6.42. The van der Waals surface area contributed by atoms with Crippen molar-refractivity contribution < 1.29 is 14.4 Å². The molecule has 114 valence electrons. The number of piperazine rings is 1. The fourth-order valence-corrected chi connectivity index (χ4v) is 2.34. The van der Waals surface area contributed by atoms with Crippen LogP contribution in [-0.4, -0.2) is 60.2 Å². The number of nitrogens with zero attached hydrogens (tertiary/aromatic N) is 2. The SMILES string of the molecule is CNC(=O)C1CN(C(=O)CC(C)(C)C)CCN1C(C)=O. The van der Waals surface area contributed by atoms with Crippen LogP contribution >= 0.6 is 0 Å². The van der Waals surface area contributed by atoms with Crippen LogP contribution in [-0.2, 0) is 14.4 Å². The second kappa shape index (κ2) is 6.24. The first-order chi connectivity index (χ1) is 9.15. The van der Waals surface area contributed by atoms with Crippen molar-refractivity contribution in [3.8, 4) is 0 Å². The largest absolute Gasteiger partial charge is 0.357 e. The highest BCUT2D eigenvalue weighted by Crippen LogP contribution is 2.21. The van der Waals surface area contributed by atoms with E-state index in [2.05, 4.69) is 5.32 Å². The molecule has 0 aromatic rings. The summed E-state index contributed by atoms with van der Waals surface area (Å²) in [6.07, 6.45) is 0.438. The van der Waals surface area contributed by atoms with Crippen molar-refractivity contribution in [2.45, 2.75) is 40.2 Å². The number of hydrogen-bond donors (Lipinski definition) is 1. The fraction of sp³-hybridized carbons (Fsp3) is 0.786. The molecule has 1 N–H and O–H groups in total. The summed E-state index contributed by atoms with van der Waals surface area (Å²) in [5, 5.41) is 2.56. The van der Waals surface area contributed by atoms with Gasteiger partial charge < -0.3 is 15.1 Å². The van der Waals surface area contributed by atoms with Gasteiger partial charge in [-0.2, -0.15) is 0 Å². The van der Waals surface area contributed by atoms with Crippen LogP contribution in [0.4, 0.5) is 0 Å². The van der Waals surface area contributed by atoms with Crippen LogP contribution in [0.1, 0.15) is 34.1 Å². The van der Waals surface area contributed by atoms with Crippen LogP contribution in [0.2, 0.25) is 0 Å². The molecule has 1 unspecified atom stereocenters. The molecule has 0 aliphatic carbocycles. The predicted octanol–water partition coefficient (Wildman–Crippen LogP) is 0.228. The molecule has 1 aliphatic heterocycles. The Hall–Kier alpha value is -1.59. The quantitative estimate of drug-likeness (QED) is 0.788. The molecular formula is C14H25N3O3. The zero-order valence-corrected chi connectivity index (χ0v) is 13.0. The van der Waals surface area contributed by atoms with Crippen molar-refractivity contribution in [1.82, 2.24) is 15.1 Å². The van der Waals surface area contributed by atoms with E-state index in [1.54, 1.807) is 4.90 Å². The van der Waals surface area contributed by atoms with Gasteiger partial charge in [-0.25, -0.2) is 0 Å². The van der Waals surface area contributed by atoms with Gasteiger partial charge in [0, 0.05) is 33.5 Å². The first-order valence-electron chi connectivity index (χ1n) is 6.92. The highest BCUT2D eigenvalue weighted by molar-refractivity contribution is 5.88. The van der Waals surface area contributed by atoms with Gasteiger partial charge in [-0.1, -0.05) is 20.8 Å². The van der Waals surface area contributed by atoms with Gasteiger partial charge in [-0.15, -0.1) is 0 Å². The Labute approximate surface area is 120 Å². The maximum atomic E-state index is 12.2. The Morgan fingerprint density at radius 2 is 1.80 bits per heavy atom. The number of carbonyl (C=O) groups is 3. The van der Waals surface area contributed by atoms with Crippen molar-refractivity contribution in [2.75, 3.05) is 26.7 Å². The van der Waals surface area contributed by atoms with Crippen molar-refractivity contribution in [2.24, 2.45) is 5.41 Å². The molecule has 1 rings (SSSR count). The molecular weight excluding hydrogens is 258 g/mol. The molecule has 1 aliphatic rings. The summed E-state index contributed by atoms with van der Waals surface area (Å²) in [5.74, 6) is -0.329. The summed E-state index contributed by atoms with van der Waals surface area (Å²) in [4.78, 5) is 38.9. The Balaban J connectivity index is 2.78. The molecule has 0 aromatic carbocycles. The zero-order valence-electron chi connectivity index (χ0n) is 13.0. The molecule has 0 aromatic heterocycles. The van der Waals surface area contributed by atoms with Crippen LogP contribution < -0.4 is 5.32 Å². The Kier molecular flexibility index (Phi) is 5.14. The smallest absolute Gasteiger partial charge is 0.244 e. The molecule has 0 bridgehead atoms. The molecule has 0 saturated carbocycles. The Morgan fingerprint density at radius 1 is 1.20 bits per heavy atom. The third-order valence-electron chi connectivity index (χ3n) is 3.37. The minimum Gasteiger partial charge on any atom is -0.357 e. The van der Waals surface area contributed by atoms with Gasteiger partial charge in [-0.05, 0) is 5.41 Å². The van der Waals surface area contributed by atoms with Crippen LogP contribution in [0.5, 0.6) is 0 Å². The monoisotopic (exact) mass is 283 g/mol. The number of likely N-dealkylation sites (N-methyl/N-ethyl adjacent to an activating group) is 1. The van der Waals surface area contributed by atoms with E-state index in [0.717, 1.165) is 0 Å². The third-order valence-corrected chi connectivity index (χ3v) is 3.37. The molecule has 6 heteroatoms. The Bertz CT molecular complexity index is 401. The maximum Gasteiger partial charge on any atom is 0.244 e. The van der Waals surface area contributed by atoms with E-state index in [1.165, 1.54) is 18.9 Å². The Morgan fingerprint density at radius 3 is 2.25 bits per heavy atom. The first kappa shape index (κ1) is 16.5. The van der Waals surface area contributed by atoms with Crippen LogP contribution in [0.25, 0.3) is 0 Å². The summed E-state index contributed by atoms with van der Waals surface area (Å²) in [6.45, 7) is 8.63. The number of nitrogens with one attached hydrogen (secondary N) is 1. The number of rotatable bonds is 2. The van der Waals surface area contributed by atoms with E-state index in [-0.39, 0.29) is 29.7 Å². The molecule has 20 heavy (non-hydrogen) atoms. The lowest BCUT2D eigenvalue weighted by molar-refractivity contribution is -0.147. The molecule has 1 fully saturated rings. The minimum atomic E-state index is -0.588.